The number of hydrazone groups is 1. The topological polar surface area (TPSA) is 96.4 Å². The molecular formula is C26H27ClN8O. The molecule has 36 heavy (non-hydrogen) atoms. The van der Waals surface area contributed by atoms with Gasteiger partial charge in [-0.1, -0.05) is 17.7 Å². The summed E-state index contributed by atoms with van der Waals surface area (Å²) in [6, 6.07) is 12.1. The van der Waals surface area contributed by atoms with Crippen LogP contribution >= 0.6 is 11.6 Å². The lowest BCUT2D eigenvalue weighted by Crippen LogP contribution is -2.53. The highest BCUT2D eigenvalue weighted by molar-refractivity contribution is 6.30. The monoisotopic (exact) mass is 502 g/mol. The number of fused-ring (bicyclic) bond motifs is 4. The molecule has 2 unspecified atom stereocenters. The van der Waals surface area contributed by atoms with Crippen molar-refractivity contribution in [1.82, 2.24) is 15.6 Å². The van der Waals surface area contributed by atoms with Gasteiger partial charge in [0.15, 0.2) is 12.0 Å². The molecule has 184 valence electrons. The lowest BCUT2D eigenvalue weighted by atomic mass is 9.82. The third kappa shape index (κ3) is 3.09. The Kier molecular flexibility index (Phi) is 4.50. The van der Waals surface area contributed by atoms with Crippen LogP contribution in [0.1, 0.15) is 31.4 Å². The fourth-order valence-corrected chi connectivity index (χ4v) is 6.16. The summed E-state index contributed by atoms with van der Waals surface area (Å²) in [5.74, 6) is 1.53. The zero-order valence-electron chi connectivity index (χ0n) is 20.1. The molecular weight excluding hydrogens is 476 g/mol. The quantitative estimate of drug-likeness (QED) is 0.478. The number of rotatable bonds is 1. The summed E-state index contributed by atoms with van der Waals surface area (Å²) >= 11 is 6.41. The molecule has 1 saturated heterocycles. The predicted octanol–water partition coefficient (Wildman–Crippen LogP) is 3.12. The highest BCUT2D eigenvalue weighted by Crippen LogP contribution is 2.46. The number of nitrogens with one attached hydrogen (secondary N) is 4. The normalized spacial score (nSPS) is 26.9. The highest BCUT2D eigenvalue weighted by atomic mass is 35.5. The maximum Gasteiger partial charge on any atom is 0.234 e. The Morgan fingerprint density at radius 1 is 1.17 bits per heavy atom. The van der Waals surface area contributed by atoms with E-state index in [1.165, 1.54) is 5.56 Å². The smallest absolute Gasteiger partial charge is 0.234 e. The first-order chi connectivity index (χ1) is 17.3. The van der Waals surface area contributed by atoms with Crippen molar-refractivity contribution in [2.24, 2.45) is 10.1 Å². The van der Waals surface area contributed by atoms with E-state index < -0.39 is 5.41 Å². The molecule has 1 amide bonds. The van der Waals surface area contributed by atoms with Crippen LogP contribution in [0.15, 0.2) is 58.9 Å². The molecule has 5 heterocycles. The minimum atomic E-state index is -0.532. The van der Waals surface area contributed by atoms with Crippen LogP contribution in [0.3, 0.4) is 0 Å². The van der Waals surface area contributed by atoms with E-state index in [1.807, 2.05) is 49.3 Å². The molecule has 0 aromatic heterocycles. The standard InChI is InChI=1S/C26H27ClN8O/c1-25(2)17-5-4-16(12-19(17)31-23(25)36)30-24-32-22-21(29-9-10-35(22)33-24)34-14-26(7-8-28-13-26)18-11-15(27)3-6-20(18)34/h3-6,9-12,22,28H,7-8,13-14H2,1-2H3,(H,31,36)(H2,30,32,33). The van der Waals surface area contributed by atoms with E-state index in [1.54, 1.807) is 6.20 Å². The van der Waals surface area contributed by atoms with E-state index in [4.69, 9.17) is 21.7 Å². The number of nitrogens with zero attached hydrogens (tertiary/aromatic N) is 4. The maximum absolute atomic E-state index is 12.3. The first kappa shape index (κ1) is 21.7. The first-order valence-corrected chi connectivity index (χ1v) is 12.6. The molecule has 0 saturated carbocycles. The Labute approximate surface area is 214 Å². The number of anilines is 3. The van der Waals surface area contributed by atoms with Gasteiger partial charge in [-0.15, -0.1) is 5.10 Å². The van der Waals surface area contributed by atoms with Crippen molar-refractivity contribution in [3.05, 3.63) is 64.9 Å². The molecule has 1 spiro atoms. The lowest BCUT2D eigenvalue weighted by molar-refractivity contribution is -0.119. The van der Waals surface area contributed by atoms with E-state index >= 15 is 0 Å². The second-order valence-electron chi connectivity index (χ2n) is 10.6. The van der Waals surface area contributed by atoms with E-state index in [0.29, 0.717) is 5.96 Å². The average molecular weight is 503 g/mol. The third-order valence-corrected chi connectivity index (χ3v) is 8.23. The van der Waals surface area contributed by atoms with Crippen molar-refractivity contribution in [2.45, 2.75) is 37.3 Å². The van der Waals surface area contributed by atoms with Gasteiger partial charge in [0.1, 0.15) is 0 Å². The molecule has 5 aliphatic heterocycles. The van der Waals surface area contributed by atoms with Crippen LogP contribution < -0.4 is 26.2 Å². The Bertz CT molecular complexity index is 1390. The van der Waals surface area contributed by atoms with Crippen LogP contribution in [0.4, 0.5) is 17.1 Å². The first-order valence-electron chi connectivity index (χ1n) is 12.2. The number of hydrogen-bond donors (Lipinski definition) is 4. The van der Waals surface area contributed by atoms with Gasteiger partial charge in [0.05, 0.1) is 5.41 Å². The van der Waals surface area contributed by atoms with Gasteiger partial charge in [0.25, 0.3) is 0 Å². The molecule has 9 nitrogen and oxygen atoms in total. The molecule has 2 aromatic carbocycles. The van der Waals surface area contributed by atoms with Crippen molar-refractivity contribution >= 4 is 46.4 Å². The van der Waals surface area contributed by atoms with Gasteiger partial charge in [-0.2, -0.15) is 0 Å². The summed E-state index contributed by atoms with van der Waals surface area (Å²) in [5.41, 5.74) is 4.60. The molecule has 0 aliphatic carbocycles. The van der Waals surface area contributed by atoms with E-state index in [0.717, 1.165) is 59.5 Å². The number of hydrogen-bond acceptors (Lipinski definition) is 8. The molecule has 10 heteroatoms. The predicted molar refractivity (Wildman–Crippen MR) is 142 cm³/mol. The number of amides is 1. The fraction of sp³-hybridized carbons (Fsp3) is 0.346. The Morgan fingerprint density at radius 3 is 2.89 bits per heavy atom. The van der Waals surface area contributed by atoms with Gasteiger partial charge in [-0.05, 0) is 68.3 Å². The minimum Gasteiger partial charge on any atom is -0.326 e. The second-order valence-corrected chi connectivity index (χ2v) is 11.0. The lowest BCUT2D eigenvalue weighted by Gasteiger charge is -2.32. The van der Waals surface area contributed by atoms with Gasteiger partial charge in [0, 0.05) is 53.0 Å². The number of guanidine groups is 1. The zero-order valence-corrected chi connectivity index (χ0v) is 20.9. The third-order valence-electron chi connectivity index (χ3n) is 8.00. The molecule has 0 bridgehead atoms. The molecule has 5 aliphatic rings. The molecule has 2 aromatic rings. The van der Waals surface area contributed by atoms with Gasteiger partial charge >= 0.3 is 0 Å². The molecule has 7 rings (SSSR count). The summed E-state index contributed by atoms with van der Waals surface area (Å²) in [6.45, 7) is 6.64. The summed E-state index contributed by atoms with van der Waals surface area (Å²) in [5, 5.41) is 20.8. The maximum atomic E-state index is 12.3. The molecule has 0 radical (unpaired) electrons. The van der Waals surface area contributed by atoms with Crippen molar-refractivity contribution in [3.8, 4) is 0 Å². The van der Waals surface area contributed by atoms with Crippen LogP contribution in [0, 0.1) is 0 Å². The molecule has 4 N–H and O–H groups in total. The van der Waals surface area contributed by atoms with Crippen molar-refractivity contribution < 1.29 is 4.79 Å². The average Bonchev–Trinajstić information content (AvgIpc) is 3.60. The SMILES string of the molecule is CC1(C)C(=O)Nc2cc(NC3=NN4C=CN=C(N5CC6(CCNC6)c6cc(Cl)ccc65)C4N3)ccc21. The summed E-state index contributed by atoms with van der Waals surface area (Å²) in [6.07, 6.45) is 4.49. The van der Waals surface area contributed by atoms with Gasteiger partial charge in [-0.3, -0.25) is 4.79 Å². The Hall–Kier alpha value is -3.56. The van der Waals surface area contributed by atoms with E-state index in [-0.39, 0.29) is 17.5 Å². The van der Waals surface area contributed by atoms with Crippen LogP contribution in [0.5, 0.6) is 0 Å². The number of aliphatic imine (C=N–C) groups is 1. The number of carbonyl (C=O) groups excluding carboxylic acids is 1. The van der Waals surface area contributed by atoms with Gasteiger partial charge in [-0.25, -0.2) is 10.0 Å². The highest BCUT2D eigenvalue weighted by Gasteiger charge is 2.48. The van der Waals surface area contributed by atoms with E-state index in [9.17, 15) is 4.79 Å². The summed E-state index contributed by atoms with van der Waals surface area (Å²) in [4.78, 5) is 19.4. The van der Waals surface area contributed by atoms with E-state index in [2.05, 4.69) is 38.3 Å². The Morgan fingerprint density at radius 2 is 2.06 bits per heavy atom. The summed E-state index contributed by atoms with van der Waals surface area (Å²) < 4.78 is 0. The zero-order chi connectivity index (χ0) is 24.7. The van der Waals surface area contributed by atoms with Crippen molar-refractivity contribution in [2.75, 3.05) is 35.2 Å². The summed E-state index contributed by atoms with van der Waals surface area (Å²) in [7, 11) is 0. The Balaban J connectivity index is 1.14. The number of carbonyl (C=O) groups is 1. The van der Waals surface area contributed by atoms with Crippen LogP contribution in [0.25, 0.3) is 0 Å². The van der Waals surface area contributed by atoms with Crippen LogP contribution in [0.2, 0.25) is 5.02 Å². The van der Waals surface area contributed by atoms with Crippen molar-refractivity contribution in [1.29, 1.82) is 0 Å². The van der Waals surface area contributed by atoms with Gasteiger partial charge in [0.2, 0.25) is 11.9 Å². The van der Waals surface area contributed by atoms with Crippen LogP contribution in [-0.2, 0) is 15.6 Å². The number of amidine groups is 1. The minimum absolute atomic E-state index is 0.0107. The number of halogens is 1. The fourth-order valence-electron chi connectivity index (χ4n) is 5.99. The largest absolute Gasteiger partial charge is 0.326 e. The number of benzene rings is 2. The molecule has 2 atom stereocenters. The molecule has 1 fully saturated rings. The van der Waals surface area contributed by atoms with Crippen LogP contribution in [-0.4, -0.2) is 48.5 Å². The van der Waals surface area contributed by atoms with Crippen molar-refractivity contribution in [3.63, 3.8) is 0 Å². The van der Waals surface area contributed by atoms with Gasteiger partial charge < -0.3 is 26.2 Å². The second kappa shape index (κ2) is 7.47.